The van der Waals surface area contributed by atoms with Gasteiger partial charge in [0.25, 0.3) is 0 Å². The van der Waals surface area contributed by atoms with Crippen molar-refractivity contribution < 1.29 is 18.8 Å². The fourth-order valence-electron chi connectivity index (χ4n) is 3.28. The lowest BCUT2D eigenvalue weighted by Gasteiger charge is -2.25. The lowest BCUT2D eigenvalue weighted by atomic mass is 9.82. The number of carbonyl (C=O) groups excluding carboxylic acids is 1. The molecular weight excluding hydrogens is 379 g/mol. The number of hydrogen-bond donors (Lipinski definition) is 0. The minimum absolute atomic E-state index is 0.115. The van der Waals surface area contributed by atoms with Gasteiger partial charge in [0, 0.05) is 22.9 Å². The van der Waals surface area contributed by atoms with Crippen LogP contribution >= 0.6 is 0 Å². The molecule has 0 N–H and O–H groups in total. The van der Waals surface area contributed by atoms with Gasteiger partial charge < -0.3 is 4.74 Å². The number of ether oxygens (including phenoxy) is 1. The molecule has 0 spiro atoms. The molecule has 2 rings (SSSR count). The number of nitrogens with zero attached hydrogens (tertiary/aromatic N) is 4. The molecule has 0 bridgehead atoms. The molecule has 0 radical (unpaired) electrons. The van der Waals surface area contributed by atoms with E-state index in [0.717, 1.165) is 29.4 Å². The second kappa shape index (κ2) is 9.11. The normalized spacial score (nSPS) is 13.7. The van der Waals surface area contributed by atoms with Gasteiger partial charge in [-0.3, -0.25) is 19.9 Å². The molecule has 2 aromatic rings. The molecule has 2 atom stereocenters. The fourth-order valence-corrected chi connectivity index (χ4v) is 3.28. The van der Waals surface area contributed by atoms with Gasteiger partial charge >= 0.3 is 11.7 Å². The van der Waals surface area contributed by atoms with Gasteiger partial charge in [0.1, 0.15) is 11.9 Å². The van der Waals surface area contributed by atoms with Crippen LogP contribution in [0, 0.1) is 16.0 Å². The molecule has 0 aliphatic heterocycles. The van der Waals surface area contributed by atoms with E-state index in [-0.39, 0.29) is 28.7 Å². The Morgan fingerprint density at radius 2 is 2.10 bits per heavy atom. The first kappa shape index (κ1) is 22.4. The van der Waals surface area contributed by atoms with E-state index in [9.17, 15) is 19.3 Å². The van der Waals surface area contributed by atoms with E-state index in [2.05, 4.69) is 10.1 Å². The number of methoxy groups -OCH3 is 1. The van der Waals surface area contributed by atoms with Crippen molar-refractivity contribution in [2.45, 2.75) is 58.7 Å². The summed E-state index contributed by atoms with van der Waals surface area (Å²) in [4.78, 5) is 26.8. The SMILES string of the molecule is COC(=O)[C@H](C)CCCC(C)(C)c1cc(-c2c([N+](=O)[O-])cnn2C(C)F)ccn1. The maximum atomic E-state index is 14.0. The molecule has 0 saturated carbocycles. The van der Waals surface area contributed by atoms with Crippen LogP contribution in [0.25, 0.3) is 11.3 Å². The molecule has 8 nitrogen and oxygen atoms in total. The van der Waals surface area contributed by atoms with E-state index in [0.29, 0.717) is 12.0 Å². The molecule has 0 aliphatic carbocycles. The number of hydrogen-bond acceptors (Lipinski definition) is 6. The van der Waals surface area contributed by atoms with Crippen molar-refractivity contribution in [1.29, 1.82) is 0 Å². The van der Waals surface area contributed by atoms with E-state index in [1.165, 1.54) is 14.0 Å². The number of nitro groups is 1. The summed E-state index contributed by atoms with van der Waals surface area (Å²) in [6, 6.07) is 3.36. The second-order valence-electron chi connectivity index (χ2n) is 7.78. The highest BCUT2D eigenvalue weighted by atomic mass is 19.1. The lowest BCUT2D eigenvalue weighted by Crippen LogP contribution is -2.20. The highest BCUT2D eigenvalue weighted by molar-refractivity contribution is 5.71. The van der Waals surface area contributed by atoms with Crippen LogP contribution in [0.15, 0.2) is 24.5 Å². The summed E-state index contributed by atoms with van der Waals surface area (Å²) in [5, 5.41) is 15.2. The Balaban J connectivity index is 2.28. The van der Waals surface area contributed by atoms with Gasteiger partial charge in [-0.25, -0.2) is 9.07 Å². The first-order valence-electron chi connectivity index (χ1n) is 9.49. The molecule has 0 saturated heterocycles. The standard InChI is InChI=1S/C20H27FN4O4/c1-13(19(26)29-5)7-6-9-20(3,4)17-11-15(8-10-22-17)18-16(25(27)28)12-23-24(18)14(2)21/h8,10-14H,6-7,9H2,1-5H3/t13-,14?/m1/s1. The molecule has 2 aromatic heterocycles. The Labute approximate surface area is 169 Å². The summed E-state index contributed by atoms with van der Waals surface area (Å²) in [7, 11) is 1.38. The van der Waals surface area contributed by atoms with Gasteiger partial charge in [0.2, 0.25) is 0 Å². The maximum absolute atomic E-state index is 14.0. The summed E-state index contributed by atoms with van der Waals surface area (Å²) in [5.74, 6) is -0.415. The summed E-state index contributed by atoms with van der Waals surface area (Å²) in [6.07, 6.45) is 3.34. The predicted octanol–water partition coefficient (Wildman–Crippen LogP) is 4.60. The van der Waals surface area contributed by atoms with Gasteiger partial charge in [-0.15, -0.1) is 0 Å². The van der Waals surface area contributed by atoms with Crippen molar-refractivity contribution in [1.82, 2.24) is 14.8 Å². The molecule has 158 valence electrons. The van der Waals surface area contributed by atoms with Gasteiger partial charge in [-0.05, 0) is 31.9 Å². The van der Waals surface area contributed by atoms with Gasteiger partial charge in [-0.2, -0.15) is 5.10 Å². The van der Waals surface area contributed by atoms with Crippen molar-refractivity contribution in [3.8, 4) is 11.3 Å². The number of halogens is 1. The van der Waals surface area contributed by atoms with Crippen molar-refractivity contribution in [2.24, 2.45) is 5.92 Å². The number of carbonyl (C=O) groups is 1. The molecule has 0 aromatic carbocycles. The first-order chi connectivity index (χ1) is 13.6. The molecule has 0 amide bonds. The van der Waals surface area contributed by atoms with E-state index >= 15 is 0 Å². The third-order valence-electron chi connectivity index (χ3n) is 5.08. The summed E-state index contributed by atoms with van der Waals surface area (Å²) >= 11 is 0. The third kappa shape index (κ3) is 5.16. The van der Waals surface area contributed by atoms with E-state index < -0.39 is 11.2 Å². The monoisotopic (exact) mass is 406 g/mol. The van der Waals surface area contributed by atoms with Crippen LogP contribution in [-0.2, 0) is 14.9 Å². The number of alkyl halides is 1. The Hall–Kier alpha value is -2.84. The van der Waals surface area contributed by atoms with Crippen molar-refractivity contribution in [3.63, 3.8) is 0 Å². The van der Waals surface area contributed by atoms with Crippen LogP contribution in [0.4, 0.5) is 10.1 Å². The Morgan fingerprint density at radius 1 is 1.41 bits per heavy atom. The molecular formula is C20H27FN4O4. The van der Waals surface area contributed by atoms with Crippen molar-refractivity contribution >= 4 is 11.7 Å². The van der Waals surface area contributed by atoms with Crippen LogP contribution in [0.3, 0.4) is 0 Å². The van der Waals surface area contributed by atoms with Gasteiger partial charge in [0.05, 0.1) is 18.0 Å². The fraction of sp³-hybridized carbons (Fsp3) is 0.550. The van der Waals surface area contributed by atoms with Gasteiger partial charge in [0.15, 0.2) is 6.30 Å². The van der Waals surface area contributed by atoms with Crippen LogP contribution in [-0.4, -0.2) is 32.8 Å². The molecule has 9 heteroatoms. The Bertz CT molecular complexity index is 879. The molecule has 0 fully saturated rings. The first-order valence-corrected chi connectivity index (χ1v) is 9.49. The largest absolute Gasteiger partial charge is 0.469 e. The Kier molecular flexibility index (Phi) is 7.05. The molecule has 29 heavy (non-hydrogen) atoms. The number of aromatic nitrogens is 3. The van der Waals surface area contributed by atoms with Crippen LogP contribution in [0.2, 0.25) is 0 Å². The molecule has 1 unspecified atom stereocenters. The average Bonchev–Trinajstić information content (AvgIpc) is 3.13. The molecule has 2 heterocycles. The zero-order valence-electron chi connectivity index (χ0n) is 17.4. The number of pyridine rings is 1. The molecule has 0 aliphatic rings. The topological polar surface area (TPSA) is 100 Å². The van der Waals surface area contributed by atoms with Crippen LogP contribution in [0.5, 0.6) is 0 Å². The third-order valence-corrected chi connectivity index (χ3v) is 5.08. The summed E-state index contributed by atoms with van der Waals surface area (Å²) in [5.41, 5.74) is 0.737. The number of rotatable bonds is 9. The zero-order valence-corrected chi connectivity index (χ0v) is 17.4. The van der Waals surface area contributed by atoms with E-state index in [1.807, 2.05) is 20.8 Å². The van der Waals surface area contributed by atoms with Gasteiger partial charge in [-0.1, -0.05) is 27.2 Å². The highest BCUT2D eigenvalue weighted by Crippen LogP contribution is 2.35. The Morgan fingerprint density at radius 3 is 2.69 bits per heavy atom. The maximum Gasteiger partial charge on any atom is 0.315 e. The van der Waals surface area contributed by atoms with E-state index in [1.54, 1.807) is 18.3 Å². The van der Waals surface area contributed by atoms with Crippen molar-refractivity contribution in [2.75, 3.05) is 7.11 Å². The predicted molar refractivity (Wildman–Crippen MR) is 106 cm³/mol. The minimum Gasteiger partial charge on any atom is -0.469 e. The van der Waals surface area contributed by atoms with E-state index in [4.69, 9.17) is 4.74 Å². The van der Waals surface area contributed by atoms with Crippen molar-refractivity contribution in [3.05, 3.63) is 40.3 Å². The quantitative estimate of drug-likeness (QED) is 0.343. The second-order valence-corrected chi connectivity index (χ2v) is 7.78. The summed E-state index contributed by atoms with van der Waals surface area (Å²) in [6.45, 7) is 7.14. The lowest BCUT2D eigenvalue weighted by molar-refractivity contribution is -0.384. The summed E-state index contributed by atoms with van der Waals surface area (Å²) < 4.78 is 19.7. The average molecular weight is 406 g/mol. The minimum atomic E-state index is -1.51. The van der Waals surface area contributed by atoms with Crippen LogP contribution in [0.1, 0.15) is 58.9 Å². The number of esters is 1. The van der Waals surface area contributed by atoms with Crippen LogP contribution < -0.4 is 0 Å². The highest BCUT2D eigenvalue weighted by Gasteiger charge is 2.28. The smallest absolute Gasteiger partial charge is 0.315 e. The zero-order chi connectivity index (χ0) is 21.8.